The molecule has 3 heteroatoms. The molecule has 0 heterocycles. The average molecular weight is 234 g/mol. The molecule has 0 aliphatic rings. The summed E-state index contributed by atoms with van der Waals surface area (Å²) in [6.45, 7) is 0.0945. The van der Waals surface area contributed by atoms with Gasteiger partial charge >= 0.3 is 0 Å². The average Bonchev–Trinajstić information content (AvgIpc) is 2.38. The summed E-state index contributed by atoms with van der Waals surface area (Å²) in [7, 11) is 1.52. The lowest BCUT2D eigenvalue weighted by Crippen LogP contribution is -2.28. The van der Waals surface area contributed by atoms with Crippen LogP contribution < -0.4 is 0 Å². The predicted molar refractivity (Wildman–Crippen MR) is 66.4 cm³/mol. The maximum Gasteiger partial charge on any atom is 0.148 e. The van der Waals surface area contributed by atoms with E-state index >= 15 is 0 Å². The topological polar surface area (TPSA) is 38.7 Å². The van der Waals surface area contributed by atoms with Gasteiger partial charge < -0.3 is 14.6 Å². The molecule has 0 spiro atoms. The molecule has 92 valence electrons. The SMILES string of the molecule is C#C[C@H](OCOC)[C@@H](O)CCc1ccccc1. The number of hydrogen-bond donors (Lipinski definition) is 1. The molecule has 17 heavy (non-hydrogen) atoms. The van der Waals surface area contributed by atoms with Crippen molar-refractivity contribution in [2.45, 2.75) is 25.0 Å². The van der Waals surface area contributed by atoms with E-state index in [2.05, 4.69) is 5.92 Å². The van der Waals surface area contributed by atoms with Crippen LogP contribution in [0.5, 0.6) is 0 Å². The Morgan fingerprint density at radius 2 is 2.06 bits per heavy atom. The number of terminal acetylenes is 1. The number of hydrogen-bond acceptors (Lipinski definition) is 3. The van der Waals surface area contributed by atoms with Crippen LogP contribution in [0.1, 0.15) is 12.0 Å². The van der Waals surface area contributed by atoms with Crippen LogP contribution in [-0.2, 0) is 15.9 Å². The van der Waals surface area contributed by atoms with E-state index in [0.717, 1.165) is 6.42 Å². The fraction of sp³-hybridized carbons (Fsp3) is 0.429. The second-order valence-corrected chi connectivity index (χ2v) is 3.75. The molecule has 1 rings (SSSR count). The number of aryl methyl sites for hydroxylation is 1. The summed E-state index contributed by atoms with van der Waals surface area (Å²) in [5, 5.41) is 9.87. The molecule has 2 atom stereocenters. The van der Waals surface area contributed by atoms with Gasteiger partial charge in [-0.05, 0) is 18.4 Å². The molecule has 0 saturated carbocycles. The summed E-state index contributed by atoms with van der Waals surface area (Å²) in [6, 6.07) is 9.96. The number of benzene rings is 1. The van der Waals surface area contributed by atoms with E-state index in [9.17, 15) is 5.11 Å². The minimum absolute atomic E-state index is 0.0945. The van der Waals surface area contributed by atoms with E-state index in [1.807, 2.05) is 30.3 Å². The van der Waals surface area contributed by atoms with Crippen molar-refractivity contribution < 1.29 is 14.6 Å². The van der Waals surface area contributed by atoms with Crippen molar-refractivity contribution in [3.63, 3.8) is 0 Å². The van der Waals surface area contributed by atoms with Crippen molar-refractivity contribution in [3.05, 3.63) is 35.9 Å². The van der Waals surface area contributed by atoms with E-state index in [1.165, 1.54) is 12.7 Å². The Morgan fingerprint density at radius 3 is 2.65 bits per heavy atom. The van der Waals surface area contributed by atoms with Crippen molar-refractivity contribution >= 4 is 0 Å². The van der Waals surface area contributed by atoms with Crippen molar-refractivity contribution in [1.29, 1.82) is 0 Å². The third kappa shape index (κ3) is 5.01. The second kappa shape index (κ2) is 7.86. The predicted octanol–water partition coefficient (Wildman–Crippen LogP) is 1.60. The molecule has 0 unspecified atom stereocenters. The lowest BCUT2D eigenvalue weighted by atomic mass is 10.0. The zero-order chi connectivity index (χ0) is 12.5. The Balaban J connectivity index is 2.37. The molecule has 1 aromatic carbocycles. The van der Waals surface area contributed by atoms with E-state index in [0.29, 0.717) is 6.42 Å². The van der Waals surface area contributed by atoms with Gasteiger partial charge in [0.25, 0.3) is 0 Å². The van der Waals surface area contributed by atoms with Crippen LogP contribution in [0.3, 0.4) is 0 Å². The first-order valence-electron chi connectivity index (χ1n) is 5.56. The summed E-state index contributed by atoms with van der Waals surface area (Å²) < 4.78 is 9.94. The molecule has 1 N–H and O–H groups in total. The van der Waals surface area contributed by atoms with Gasteiger partial charge in [-0.25, -0.2) is 0 Å². The van der Waals surface area contributed by atoms with Gasteiger partial charge in [-0.1, -0.05) is 36.3 Å². The highest BCUT2D eigenvalue weighted by Gasteiger charge is 2.17. The van der Waals surface area contributed by atoms with Crippen LogP contribution >= 0.6 is 0 Å². The quantitative estimate of drug-likeness (QED) is 0.575. The fourth-order valence-corrected chi connectivity index (χ4v) is 1.52. The monoisotopic (exact) mass is 234 g/mol. The van der Waals surface area contributed by atoms with Crippen LogP contribution in [0.2, 0.25) is 0 Å². The molecule has 1 aromatic rings. The maximum atomic E-state index is 9.87. The standard InChI is InChI=1S/C14H18O3/c1-3-14(17-11-16-2)13(15)10-9-12-7-5-4-6-8-12/h1,4-8,13-15H,9-11H2,2H3/t13-,14-/m0/s1. The van der Waals surface area contributed by atoms with Crippen molar-refractivity contribution in [2.24, 2.45) is 0 Å². The Hall–Kier alpha value is -1.34. The molecular formula is C14H18O3. The molecule has 0 bridgehead atoms. The van der Waals surface area contributed by atoms with Gasteiger partial charge in [-0.15, -0.1) is 6.42 Å². The molecule has 3 nitrogen and oxygen atoms in total. The second-order valence-electron chi connectivity index (χ2n) is 3.75. The summed E-state index contributed by atoms with van der Waals surface area (Å²) in [6.07, 6.45) is 5.36. The third-order valence-electron chi connectivity index (χ3n) is 2.45. The van der Waals surface area contributed by atoms with Gasteiger partial charge in [-0.2, -0.15) is 0 Å². The molecule has 0 fully saturated rings. The number of rotatable bonds is 7. The lowest BCUT2D eigenvalue weighted by molar-refractivity contribution is -0.0905. The van der Waals surface area contributed by atoms with E-state index in [4.69, 9.17) is 15.9 Å². The van der Waals surface area contributed by atoms with E-state index in [-0.39, 0.29) is 6.79 Å². The van der Waals surface area contributed by atoms with Gasteiger partial charge in [0, 0.05) is 7.11 Å². The van der Waals surface area contributed by atoms with E-state index < -0.39 is 12.2 Å². The molecule has 0 aliphatic heterocycles. The van der Waals surface area contributed by atoms with Crippen molar-refractivity contribution in [1.82, 2.24) is 0 Å². The van der Waals surface area contributed by atoms with Crippen molar-refractivity contribution in [3.8, 4) is 12.3 Å². The van der Waals surface area contributed by atoms with Crippen LogP contribution in [0.4, 0.5) is 0 Å². The molecule has 0 radical (unpaired) electrons. The van der Waals surface area contributed by atoms with Crippen LogP contribution in [-0.4, -0.2) is 31.2 Å². The lowest BCUT2D eigenvalue weighted by Gasteiger charge is -2.18. The zero-order valence-electron chi connectivity index (χ0n) is 10.0. The Bertz CT molecular complexity index is 342. The number of aliphatic hydroxyl groups excluding tert-OH is 1. The molecular weight excluding hydrogens is 216 g/mol. The summed E-state index contributed by atoms with van der Waals surface area (Å²) in [5.41, 5.74) is 1.18. The smallest absolute Gasteiger partial charge is 0.148 e. The third-order valence-corrected chi connectivity index (χ3v) is 2.45. The van der Waals surface area contributed by atoms with Gasteiger partial charge in [-0.3, -0.25) is 0 Å². The molecule has 0 aliphatic carbocycles. The molecule has 0 amide bonds. The normalized spacial score (nSPS) is 13.9. The van der Waals surface area contributed by atoms with Crippen LogP contribution in [0.25, 0.3) is 0 Å². The molecule has 0 aromatic heterocycles. The van der Waals surface area contributed by atoms with Gasteiger partial charge in [0.1, 0.15) is 12.9 Å². The first kappa shape index (κ1) is 13.7. The minimum Gasteiger partial charge on any atom is -0.389 e. The summed E-state index contributed by atoms with van der Waals surface area (Å²) in [4.78, 5) is 0. The number of aliphatic hydroxyl groups is 1. The van der Waals surface area contributed by atoms with Gasteiger partial charge in [0.05, 0.1) is 6.10 Å². The highest BCUT2D eigenvalue weighted by Crippen LogP contribution is 2.09. The highest BCUT2D eigenvalue weighted by molar-refractivity contribution is 5.15. The number of methoxy groups -OCH3 is 1. The first-order chi connectivity index (χ1) is 8.27. The Labute approximate surface area is 102 Å². The summed E-state index contributed by atoms with van der Waals surface area (Å²) >= 11 is 0. The minimum atomic E-state index is -0.671. The largest absolute Gasteiger partial charge is 0.389 e. The van der Waals surface area contributed by atoms with Crippen molar-refractivity contribution in [2.75, 3.05) is 13.9 Å². The fourth-order valence-electron chi connectivity index (χ4n) is 1.52. The highest BCUT2D eigenvalue weighted by atomic mass is 16.7. The van der Waals surface area contributed by atoms with E-state index in [1.54, 1.807) is 0 Å². The zero-order valence-corrected chi connectivity index (χ0v) is 10.0. The summed E-state index contributed by atoms with van der Waals surface area (Å²) in [5.74, 6) is 2.42. The van der Waals surface area contributed by atoms with Crippen LogP contribution in [0, 0.1) is 12.3 Å². The number of ether oxygens (including phenoxy) is 2. The Morgan fingerprint density at radius 1 is 1.35 bits per heavy atom. The van der Waals surface area contributed by atoms with Gasteiger partial charge in [0.15, 0.2) is 0 Å². The molecule has 0 saturated heterocycles. The first-order valence-corrected chi connectivity index (χ1v) is 5.56. The van der Waals surface area contributed by atoms with Gasteiger partial charge in [0.2, 0.25) is 0 Å². The Kier molecular flexibility index (Phi) is 6.34. The van der Waals surface area contributed by atoms with Crippen LogP contribution in [0.15, 0.2) is 30.3 Å². The maximum absolute atomic E-state index is 9.87.